The molecule has 0 amide bonds. The molecule has 12 aromatic rings. The van der Waals surface area contributed by atoms with Gasteiger partial charge in [0.1, 0.15) is 38.7 Å². The van der Waals surface area contributed by atoms with Gasteiger partial charge in [-0.15, -0.1) is 22.7 Å². The molecule has 3 fully saturated rings. The Labute approximate surface area is 618 Å². The van der Waals surface area contributed by atoms with Crippen LogP contribution in [0.25, 0.3) is 59.5 Å². The summed E-state index contributed by atoms with van der Waals surface area (Å²) in [6.07, 6.45) is 14.2. The topological polar surface area (TPSA) is 175 Å². The van der Waals surface area contributed by atoms with Gasteiger partial charge in [-0.1, -0.05) is 118 Å². The molecule has 9 heterocycles. The number of para-hydroxylation sites is 1. The van der Waals surface area contributed by atoms with Gasteiger partial charge in [-0.05, 0) is 123 Å². The van der Waals surface area contributed by atoms with Crippen LogP contribution in [-0.4, -0.2) is 159 Å². The third kappa shape index (κ3) is 17.5. The molecule has 0 radical (unpaired) electrons. The fourth-order valence-corrected chi connectivity index (χ4v) is 16.5. The summed E-state index contributed by atoms with van der Waals surface area (Å²) in [6.45, 7) is 22.2. The Morgan fingerprint density at radius 2 is 1.19 bits per heavy atom. The van der Waals surface area contributed by atoms with E-state index in [2.05, 4.69) is 168 Å². The van der Waals surface area contributed by atoms with E-state index in [0.29, 0.717) is 18.1 Å². The summed E-state index contributed by atoms with van der Waals surface area (Å²) < 4.78 is 13.5. The van der Waals surface area contributed by atoms with Crippen molar-refractivity contribution in [2.75, 3.05) is 107 Å². The number of carbonyl (C=O) groups is 2. The van der Waals surface area contributed by atoms with Crippen LogP contribution in [0.3, 0.4) is 0 Å². The molecule has 0 saturated carbocycles. The fourth-order valence-electron chi connectivity index (χ4n) is 14.7. The lowest BCUT2D eigenvalue weighted by Crippen LogP contribution is -2.34. The Hall–Kier alpha value is -9.96. The number of benzene rings is 6. The highest BCUT2D eigenvalue weighted by atomic mass is 32.1. The molecular formula is C84H93N13O5S2. The van der Waals surface area contributed by atoms with Gasteiger partial charge in [-0.2, -0.15) is 5.10 Å². The maximum Gasteiger partial charge on any atom is 0.341 e. The number of hydrogen-bond acceptors (Lipinski definition) is 18. The minimum absolute atomic E-state index is 0.0197. The van der Waals surface area contributed by atoms with Gasteiger partial charge in [0.25, 0.3) is 0 Å². The predicted molar refractivity (Wildman–Crippen MR) is 422 cm³/mol. The zero-order valence-corrected chi connectivity index (χ0v) is 62.1. The number of carboxylic acid groups (broad SMARTS) is 1. The van der Waals surface area contributed by atoms with Gasteiger partial charge >= 0.3 is 5.97 Å². The molecule has 3 aliphatic heterocycles. The first kappa shape index (κ1) is 72.4. The Morgan fingerprint density at radius 3 is 1.86 bits per heavy atom. The molecule has 15 rings (SSSR count). The number of ether oxygens (including phenoxy) is 2. The lowest BCUT2D eigenvalue weighted by Gasteiger charge is -2.30. The van der Waals surface area contributed by atoms with Gasteiger partial charge in [-0.3, -0.25) is 34.4 Å². The van der Waals surface area contributed by atoms with Crippen molar-refractivity contribution in [2.24, 2.45) is 0 Å². The van der Waals surface area contributed by atoms with Crippen molar-refractivity contribution in [2.45, 2.75) is 91.3 Å². The number of fused-ring (bicyclic) bond motifs is 3. The SMILES string of the molecule is CC(C)c1cc(N2CCCN(Cc3cnc(-c4ccccc4)s3)CC2)c2ncccc2c1.CCC(c1ccn(-c2ccccc2)n1)N1CCCN(c2c(OCC(=O)O)c(C)cc3cccnc23)CC1.COc1ccc2cccnc2c1N1CCCN(C(CC(C)=O)c2csc(-c3ccccc3)n2)CC1. The van der Waals surface area contributed by atoms with E-state index in [0.717, 1.165) is 193 Å². The van der Waals surface area contributed by atoms with Crippen LogP contribution in [0.15, 0.2) is 200 Å². The van der Waals surface area contributed by atoms with Crippen molar-refractivity contribution >= 4 is 84.2 Å². The molecule has 18 nitrogen and oxygen atoms in total. The van der Waals surface area contributed by atoms with Gasteiger partial charge in [0.2, 0.25) is 0 Å². The molecule has 104 heavy (non-hydrogen) atoms. The van der Waals surface area contributed by atoms with E-state index in [1.165, 1.54) is 27.1 Å². The van der Waals surface area contributed by atoms with Crippen molar-refractivity contribution in [1.29, 1.82) is 0 Å². The number of rotatable bonds is 20. The summed E-state index contributed by atoms with van der Waals surface area (Å²) in [5, 5.41) is 21.8. The number of Topliss-reactive ketones (excluding diaryl/α,β-unsaturated/α-hetero) is 1. The monoisotopic (exact) mass is 1430 g/mol. The van der Waals surface area contributed by atoms with E-state index in [9.17, 15) is 14.7 Å². The van der Waals surface area contributed by atoms with Crippen LogP contribution in [0, 0.1) is 6.92 Å². The summed E-state index contributed by atoms with van der Waals surface area (Å²) in [7, 11) is 1.72. The average Bonchev–Trinajstić information content (AvgIpc) is 0.931. The van der Waals surface area contributed by atoms with Crippen LogP contribution < -0.4 is 24.2 Å². The number of anilines is 3. The van der Waals surface area contributed by atoms with E-state index in [1.54, 1.807) is 31.6 Å². The van der Waals surface area contributed by atoms with E-state index < -0.39 is 5.97 Å². The molecule has 20 heteroatoms. The van der Waals surface area contributed by atoms with Crippen LogP contribution in [0.1, 0.15) is 105 Å². The van der Waals surface area contributed by atoms with Crippen LogP contribution in [0.4, 0.5) is 17.1 Å². The van der Waals surface area contributed by atoms with Gasteiger partial charge < -0.3 is 29.3 Å². The summed E-state index contributed by atoms with van der Waals surface area (Å²) in [5.41, 5.74) is 13.9. The third-order valence-corrected chi connectivity index (χ3v) is 21.8. The lowest BCUT2D eigenvalue weighted by atomic mass is 9.99. The van der Waals surface area contributed by atoms with Crippen molar-refractivity contribution in [3.63, 3.8) is 0 Å². The maximum absolute atomic E-state index is 12.3. The minimum Gasteiger partial charge on any atom is -0.494 e. The summed E-state index contributed by atoms with van der Waals surface area (Å²) in [4.78, 5) is 63.4. The lowest BCUT2D eigenvalue weighted by molar-refractivity contribution is -0.139. The number of aliphatic carboxylic acids is 1. The molecule has 6 aromatic carbocycles. The molecule has 3 aliphatic rings. The normalized spacial score (nSPS) is 15.5. The van der Waals surface area contributed by atoms with Crippen LogP contribution >= 0.6 is 22.7 Å². The predicted octanol–water partition coefficient (Wildman–Crippen LogP) is 16.6. The van der Waals surface area contributed by atoms with Gasteiger partial charge in [0.15, 0.2) is 6.61 Å². The second-order valence-electron chi connectivity index (χ2n) is 27.3. The van der Waals surface area contributed by atoms with Crippen LogP contribution in [0.2, 0.25) is 0 Å². The number of thiazole rings is 2. The largest absolute Gasteiger partial charge is 0.494 e. The molecule has 1 N–H and O–H groups in total. The highest BCUT2D eigenvalue weighted by Gasteiger charge is 2.31. The first-order valence-corrected chi connectivity index (χ1v) is 38.2. The smallest absolute Gasteiger partial charge is 0.341 e. The van der Waals surface area contributed by atoms with Crippen molar-refractivity contribution in [1.82, 2.24) is 49.4 Å². The summed E-state index contributed by atoms with van der Waals surface area (Å²) >= 11 is 3.46. The third-order valence-electron chi connectivity index (χ3n) is 19.8. The average molecular weight is 1430 g/mol. The number of carboxylic acids is 1. The molecule has 2 atom stereocenters. The minimum atomic E-state index is -0.991. The van der Waals surface area contributed by atoms with E-state index in [4.69, 9.17) is 24.5 Å². The van der Waals surface area contributed by atoms with Crippen LogP contribution in [0.5, 0.6) is 11.5 Å². The van der Waals surface area contributed by atoms with Crippen molar-refractivity contribution < 1.29 is 24.2 Å². The zero-order chi connectivity index (χ0) is 71.9. The van der Waals surface area contributed by atoms with Crippen LogP contribution in [-0.2, 0) is 16.1 Å². The quantitative estimate of drug-likeness (QED) is 0.0762. The van der Waals surface area contributed by atoms with Crippen molar-refractivity contribution in [3.05, 3.63) is 228 Å². The molecule has 0 aliphatic carbocycles. The number of aromatic nitrogens is 7. The zero-order valence-electron chi connectivity index (χ0n) is 60.4. The standard InChI is InChI=1S/C29H33N5O3.C28H30N4O2S.C27H30N4S/c1-3-25(24-12-16-34(31-24)23-10-5-4-6-11-23)32-14-8-15-33(18-17-32)28-27-22(9-7-13-30-27)19-21(2)29(28)37-20-26(35)36;1-20(33)18-24(23-19-35-28(30-23)22-8-4-3-5-9-22)31-14-7-15-32(17-16-31)27-25(34-2)12-11-21-10-6-13-29-26(21)27;1-20(2)23-16-22-10-6-11-28-26(22)25(17-23)31-13-7-12-30(14-15-31)19-24-18-29-27(32-24)21-8-4-3-5-9-21/h4-7,9-13,16,19,25H,3,8,14-15,17-18,20H2,1-2H3,(H,35,36);3-6,8-13,19,24H,7,14-18H2,1-2H3;3-6,8-11,16-18,20H,7,12-15,19H2,1-2H3. The highest BCUT2D eigenvalue weighted by molar-refractivity contribution is 7.15. The van der Waals surface area contributed by atoms with E-state index in [-0.39, 0.29) is 24.5 Å². The number of pyridine rings is 3. The molecule has 2 unspecified atom stereocenters. The highest BCUT2D eigenvalue weighted by Crippen LogP contribution is 2.42. The Bertz CT molecular complexity index is 4820. The van der Waals surface area contributed by atoms with Gasteiger partial charge in [0, 0.05) is 160 Å². The first-order valence-electron chi connectivity index (χ1n) is 36.5. The molecule has 0 spiro atoms. The van der Waals surface area contributed by atoms with Gasteiger partial charge in [-0.25, -0.2) is 19.4 Å². The summed E-state index contributed by atoms with van der Waals surface area (Å²) in [6, 6.07) is 56.2. The summed E-state index contributed by atoms with van der Waals surface area (Å²) in [5.74, 6) is 1.15. The number of carbonyl (C=O) groups excluding carboxylic acids is 1. The van der Waals surface area contributed by atoms with Gasteiger partial charge in [0.05, 0.1) is 58.5 Å². The molecular weight excluding hydrogens is 1340 g/mol. The Morgan fingerprint density at radius 1 is 0.587 bits per heavy atom. The first-order chi connectivity index (χ1) is 50.9. The number of nitrogens with zero attached hydrogens (tertiary/aromatic N) is 13. The number of hydrogen-bond donors (Lipinski definition) is 1. The Kier molecular flexibility index (Phi) is 24.1. The van der Waals surface area contributed by atoms with E-state index >= 15 is 0 Å². The molecule has 0 bridgehead atoms. The second kappa shape index (κ2) is 34.5. The number of methoxy groups -OCH3 is 1. The number of ketones is 1. The second-order valence-corrected chi connectivity index (χ2v) is 29.2. The van der Waals surface area contributed by atoms with E-state index in [1.807, 2.05) is 114 Å². The van der Waals surface area contributed by atoms with Crippen molar-refractivity contribution in [3.8, 4) is 38.3 Å². The molecule has 3 saturated heterocycles. The maximum atomic E-state index is 12.3. The fraction of sp³-hybridized carbons (Fsp3) is 0.333. The Balaban J connectivity index is 0.000000139. The molecule has 6 aromatic heterocycles. The number of aryl methyl sites for hydroxylation is 1. The molecule has 536 valence electrons.